The van der Waals surface area contributed by atoms with Crippen LogP contribution in [0.3, 0.4) is 0 Å². The van der Waals surface area contributed by atoms with Gasteiger partial charge in [-0.1, -0.05) is 0 Å². The Labute approximate surface area is 65.9 Å². The molecule has 2 N–H and O–H groups in total. The zero-order chi connectivity index (χ0) is 7.68. The quantitative estimate of drug-likeness (QED) is 0.442. The normalized spacial score (nSPS) is 32.7. The third-order valence-electron chi connectivity index (χ3n) is 2.35. The average molecular weight is 155 g/mol. The van der Waals surface area contributed by atoms with Gasteiger partial charge >= 0.3 is 0 Å². The van der Waals surface area contributed by atoms with Crippen molar-refractivity contribution in [3.05, 3.63) is 0 Å². The van der Waals surface area contributed by atoms with Gasteiger partial charge in [-0.05, 0) is 0 Å². The lowest BCUT2D eigenvalue weighted by Crippen LogP contribution is -2.61. The Kier molecular flexibility index (Phi) is 1.79. The van der Waals surface area contributed by atoms with Crippen molar-refractivity contribution < 1.29 is 4.79 Å². The van der Waals surface area contributed by atoms with Gasteiger partial charge in [0, 0.05) is 32.2 Å². The lowest BCUT2D eigenvalue weighted by atomic mass is 10.1. The van der Waals surface area contributed by atoms with E-state index in [1.165, 1.54) is 0 Å². The fourth-order valence-electron chi connectivity index (χ4n) is 1.68. The summed E-state index contributed by atoms with van der Waals surface area (Å²) < 4.78 is 0. The highest BCUT2D eigenvalue weighted by atomic mass is 16.2. The van der Waals surface area contributed by atoms with E-state index in [-0.39, 0.29) is 5.91 Å². The van der Waals surface area contributed by atoms with Crippen LogP contribution in [-0.4, -0.2) is 49.6 Å². The van der Waals surface area contributed by atoms with Crippen molar-refractivity contribution in [1.82, 2.24) is 15.5 Å². The molecule has 62 valence electrons. The molecule has 0 aromatic rings. The summed E-state index contributed by atoms with van der Waals surface area (Å²) >= 11 is 0. The number of piperazine rings is 2. The van der Waals surface area contributed by atoms with E-state index in [1.807, 2.05) is 0 Å². The largest absolute Gasteiger partial charge is 0.353 e. The van der Waals surface area contributed by atoms with Gasteiger partial charge in [0.25, 0.3) is 0 Å². The van der Waals surface area contributed by atoms with E-state index >= 15 is 0 Å². The van der Waals surface area contributed by atoms with E-state index in [9.17, 15) is 4.79 Å². The first-order valence-electron chi connectivity index (χ1n) is 4.08. The molecular weight excluding hydrogens is 142 g/mol. The molecule has 0 aromatic heterocycles. The monoisotopic (exact) mass is 155 g/mol. The summed E-state index contributed by atoms with van der Waals surface area (Å²) in [7, 11) is 0. The number of hydrogen-bond acceptors (Lipinski definition) is 3. The van der Waals surface area contributed by atoms with Crippen LogP contribution in [-0.2, 0) is 4.79 Å². The van der Waals surface area contributed by atoms with Crippen molar-refractivity contribution >= 4 is 5.91 Å². The number of nitrogens with one attached hydrogen (secondary N) is 2. The first-order chi connectivity index (χ1) is 5.36. The molecule has 0 aromatic carbocycles. The van der Waals surface area contributed by atoms with E-state index in [0.717, 1.165) is 26.2 Å². The maximum atomic E-state index is 10.9. The minimum absolute atomic E-state index is 0.170. The van der Waals surface area contributed by atoms with Gasteiger partial charge in [0.2, 0.25) is 5.91 Å². The van der Waals surface area contributed by atoms with Crippen molar-refractivity contribution in [2.75, 3.05) is 32.7 Å². The second kappa shape index (κ2) is 2.79. The highest BCUT2D eigenvalue weighted by Gasteiger charge is 2.27. The molecule has 2 fully saturated rings. The van der Waals surface area contributed by atoms with E-state index in [0.29, 0.717) is 12.6 Å². The van der Waals surface area contributed by atoms with Crippen LogP contribution in [0.2, 0.25) is 0 Å². The summed E-state index contributed by atoms with van der Waals surface area (Å²) in [5.41, 5.74) is 0. The molecule has 0 spiro atoms. The Hall–Kier alpha value is -0.610. The van der Waals surface area contributed by atoms with Gasteiger partial charge in [-0.2, -0.15) is 0 Å². The molecule has 0 aliphatic carbocycles. The van der Waals surface area contributed by atoms with Crippen LogP contribution in [0.25, 0.3) is 0 Å². The standard InChI is InChI=1S/C7H13N3O/c11-7-5-10-2-1-8-3-6(10)4-9-7/h6,8H,1-5H2,(H,9,11). The predicted octanol–water partition coefficient (Wildman–Crippen LogP) is -1.61. The summed E-state index contributed by atoms with van der Waals surface area (Å²) in [4.78, 5) is 13.2. The number of rotatable bonds is 0. The molecule has 2 rings (SSSR count). The van der Waals surface area contributed by atoms with Crippen LogP contribution >= 0.6 is 0 Å². The molecule has 2 aliphatic heterocycles. The third-order valence-corrected chi connectivity index (χ3v) is 2.35. The number of carbonyl (C=O) groups is 1. The summed E-state index contributed by atoms with van der Waals surface area (Å²) in [6, 6.07) is 0.529. The van der Waals surface area contributed by atoms with Gasteiger partial charge in [0.1, 0.15) is 0 Å². The number of amides is 1. The van der Waals surface area contributed by atoms with E-state index < -0.39 is 0 Å². The van der Waals surface area contributed by atoms with Crippen LogP contribution in [0.4, 0.5) is 0 Å². The second-order valence-corrected chi connectivity index (χ2v) is 3.13. The fraction of sp³-hybridized carbons (Fsp3) is 0.857. The molecule has 4 heteroatoms. The zero-order valence-corrected chi connectivity index (χ0v) is 6.47. The molecule has 2 heterocycles. The van der Waals surface area contributed by atoms with E-state index in [2.05, 4.69) is 15.5 Å². The van der Waals surface area contributed by atoms with Crippen molar-refractivity contribution in [2.24, 2.45) is 0 Å². The van der Waals surface area contributed by atoms with Crippen LogP contribution in [0.15, 0.2) is 0 Å². The summed E-state index contributed by atoms with van der Waals surface area (Å²) in [6.07, 6.45) is 0. The Morgan fingerprint density at radius 3 is 3.27 bits per heavy atom. The highest BCUT2D eigenvalue weighted by Crippen LogP contribution is 2.04. The van der Waals surface area contributed by atoms with Crippen molar-refractivity contribution in [3.63, 3.8) is 0 Å². The Morgan fingerprint density at radius 1 is 1.45 bits per heavy atom. The van der Waals surface area contributed by atoms with Crippen molar-refractivity contribution in [2.45, 2.75) is 6.04 Å². The summed E-state index contributed by atoms with van der Waals surface area (Å²) in [5.74, 6) is 0.170. The zero-order valence-electron chi connectivity index (χ0n) is 6.47. The lowest BCUT2D eigenvalue weighted by molar-refractivity contribution is -0.125. The molecule has 1 amide bonds. The number of hydrogen-bond donors (Lipinski definition) is 2. The molecular formula is C7H13N3O. The van der Waals surface area contributed by atoms with E-state index in [1.54, 1.807) is 0 Å². The molecule has 0 bridgehead atoms. The minimum Gasteiger partial charge on any atom is -0.353 e. The van der Waals surface area contributed by atoms with Gasteiger partial charge in [-0.15, -0.1) is 0 Å². The molecule has 0 saturated carbocycles. The Balaban J connectivity index is 1.98. The predicted molar refractivity (Wildman–Crippen MR) is 41.2 cm³/mol. The molecule has 2 aliphatic rings. The molecule has 4 nitrogen and oxygen atoms in total. The highest BCUT2D eigenvalue weighted by molar-refractivity contribution is 5.78. The van der Waals surface area contributed by atoms with Crippen molar-refractivity contribution in [1.29, 1.82) is 0 Å². The van der Waals surface area contributed by atoms with Gasteiger partial charge < -0.3 is 10.6 Å². The first-order valence-corrected chi connectivity index (χ1v) is 4.08. The average Bonchev–Trinajstić information content (AvgIpc) is 2.04. The van der Waals surface area contributed by atoms with Gasteiger partial charge in [0.05, 0.1) is 6.54 Å². The molecule has 11 heavy (non-hydrogen) atoms. The van der Waals surface area contributed by atoms with E-state index in [4.69, 9.17) is 0 Å². The summed E-state index contributed by atoms with van der Waals surface area (Å²) in [5, 5.41) is 6.17. The van der Waals surface area contributed by atoms with Crippen molar-refractivity contribution in [3.8, 4) is 0 Å². The Morgan fingerprint density at radius 2 is 2.36 bits per heavy atom. The van der Waals surface area contributed by atoms with Crippen LogP contribution in [0.1, 0.15) is 0 Å². The topological polar surface area (TPSA) is 44.4 Å². The lowest BCUT2D eigenvalue weighted by Gasteiger charge is -2.38. The van der Waals surface area contributed by atoms with Crippen LogP contribution < -0.4 is 10.6 Å². The van der Waals surface area contributed by atoms with Gasteiger partial charge in [0.15, 0.2) is 0 Å². The third kappa shape index (κ3) is 1.36. The molecule has 1 unspecified atom stereocenters. The minimum atomic E-state index is 0.170. The van der Waals surface area contributed by atoms with Gasteiger partial charge in [-0.3, -0.25) is 9.69 Å². The maximum absolute atomic E-state index is 10.9. The second-order valence-electron chi connectivity index (χ2n) is 3.13. The SMILES string of the molecule is O=C1CN2CCNCC2CN1. The number of carbonyl (C=O) groups excluding carboxylic acids is 1. The number of fused-ring (bicyclic) bond motifs is 1. The van der Waals surface area contributed by atoms with Crippen LogP contribution in [0.5, 0.6) is 0 Å². The maximum Gasteiger partial charge on any atom is 0.234 e. The first kappa shape index (κ1) is 7.06. The molecule has 2 saturated heterocycles. The smallest absolute Gasteiger partial charge is 0.234 e. The fourth-order valence-corrected chi connectivity index (χ4v) is 1.68. The Bertz CT molecular complexity index is 171. The van der Waals surface area contributed by atoms with Gasteiger partial charge in [-0.25, -0.2) is 0 Å². The molecule has 0 radical (unpaired) electrons. The summed E-state index contributed by atoms with van der Waals surface area (Å²) in [6.45, 7) is 4.44. The molecule has 1 atom stereocenters. The van der Waals surface area contributed by atoms with Crippen LogP contribution in [0, 0.1) is 0 Å². The number of nitrogens with zero attached hydrogens (tertiary/aromatic N) is 1.